The summed E-state index contributed by atoms with van der Waals surface area (Å²) >= 11 is 6.92. The number of hydrazine groups is 1. The van der Waals surface area contributed by atoms with Crippen molar-refractivity contribution in [2.45, 2.75) is 19.9 Å². The normalized spacial score (nSPS) is 13.3. The molecular weight excluding hydrogens is 308 g/mol. The van der Waals surface area contributed by atoms with Gasteiger partial charge < -0.3 is 0 Å². The Morgan fingerprint density at radius 3 is 2.00 bits per heavy atom. The van der Waals surface area contributed by atoms with Gasteiger partial charge in [0.25, 0.3) is 0 Å². The molecule has 1 aromatic rings. The van der Waals surface area contributed by atoms with Gasteiger partial charge in [0.1, 0.15) is 0 Å². The van der Waals surface area contributed by atoms with Crippen LogP contribution in [0.2, 0.25) is 0 Å². The van der Waals surface area contributed by atoms with Crippen LogP contribution in [0, 0.1) is 5.92 Å². The molecule has 1 atom stereocenters. The molecule has 0 saturated heterocycles. The molecule has 0 aliphatic carbocycles. The quantitative estimate of drug-likeness (QED) is 0.661. The molecule has 0 heterocycles. The monoisotopic (exact) mass is 320 g/mol. The number of hydrogen-bond donors (Lipinski definition) is 2. The first-order chi connectivity index (χ1) is 6.54. The highest BCUT2D eigenvalue weighted by atomic mass is 79.9. The van der Waals surface area contributed by atoms with E-state index in [4.69, 9.17) is 5.84 Å². The van der Waals surface area contributed by atoms with Crippen molar-refractivity contribution in [2.24, 2.45) is 11.8 Å². The van der Waals surface area contributed by atoms with Crippen molar-refractivity contribution < 1.29 is 0 Å². The summed E-state index contributed by atoms with van der Waals surface area (Å²) in [5.41, 5.74) is 4.01. The van der Waals surface area contributed by atoms with E-state index in [2.05, 4.69) is 63.3 Å². The lowest BCUT2D eigenvalue weighted by atomic mass is 9.97. The summed E-state index contributed by atoms with van der Waals surface area (Å²) in [5, 5.41) is 0. The minimum Gasteiger partial charge on any atom is -0.271 e. The average Bonchev–Trinajstić information content (AvgIpc) is 2.02. The van der Waals surface area contributed by atoms with Gasteiger partial charge in [0.15, 0.2) is 0 Å². The van der Waals surface area contributed by atoms with Gasteiger partial charge in [-0.3, -0.25) is 11.3 Å². The SMILES string of the molecule is CC(C)C(NN)c1cc(Br)cc(Br)c1. The Hall–Kier alpha value is 0.1000. The zero-order valence-electron chi connectivity index (χ0n) is 8.22. The highest BCUT2D eigenvalue weighted by Crippen LogP contribution is 2.27. The molecule has 0 aliphatic heterocycles. The molecule has 1 unspecified atom stereocenters. The smallest absolute Gasteiger partial charge is 0.0483 e. The van der Waals surface area contributed by atoms with E-state index in [9.17, 15) is 0 Å². The van der Waals surface area contributed by atoms with Gasteiger partial charge in [0, 0.05) is 15.0 Å². The zero-order chi connectivity index (χ0) is 10.7. The van der Waals surface area contributed by atoms with E-state index in [0.717, 1.165) is 8.95 Å². The van der Waals surface area contributed by atoms with Crippen molar-refractivity contribution in [3.8, 4) is 0 Å². The van der Waals surface area contributed by atoms with Crippen LogP contribution in [0.15, 0.2) is 27.1 Å². The molecule has 0 fully saturated rings. The van der Waals surface area contributed by atoms with E-state index >= 15 is 0 Å². The predicted octanol–water partition coefficient (Wildman–Crippen LogP) is 3.37. The summed E-state index contributed by atoms with van der Waals surface area (Å²) in [6.07, 6.45) is 0. The fourth-order valence-corrected chi connectivity index (χ4v) is 2.76. The molecule has 0 bridgehead atoms. The van der Waals surface area contributed by atoms with Crippen molar-refractivity contribution in [3.63, 3.8) is 0 Å². The molecule has 3 N–H and O–H groups in total. The van der Waals surface area contributed by atoms with Gasteiger partial charge in [-0.2, -0.15) is 0 Å². The first-order valence-electron chi connectivity index (χ1n) is 4.46. The lowest BCUT2D eigenvalue weighted by Crippen LogP contribution is -2.31. The van der Waals surface area contributed by atoms with Gasteiger partial charge in [-0.25, -0.2) is 0 Å². The van der Waals surface area contributed by atoms with Gasteiger partial charge in [-0.1, -0.05) is 45.7 Å². The summed E-state index contributed by atoms with van der Waals surface area (Å²) in [6.45, 7) is 4.28. The lowest BCUT2D eigenvalue weighted by Gasteiger charge is -2.20. The van der Waals surface area contributed by atoms with Crippen LogP contribution >= 0.6 is 31.9 Å². The van der Waals surface area contributed by atoms with E-state index in [1.807, 2.05) is 6.07 Å². The molecule has 78 valence electrons. The summed E-state index contributed by atoms with van der Waals surface area (Å²) in [4.78, 5) is 0. The highest BCUT2D eigenvalue weighted by molar-refractivity contribution is 9.11. The van der Waals surface area contributed by atoms with Crippen LogP contribution in [0.1, 0.15) is 25.5 Å². The standard InChI is InChI=1S/C10H14Br2N2/c1-6(2)10(14-13)7-3-8(11)5-9(12)4-7/h3-6,10,14H,13H2,1-2H3. The highest BCUT2D eigenvalue weighted by Gasteiger charge is 2.14. The third-order valence-corrected chi connectivity index (χ3v) is 3.01. The molecule has 1 aromatic carbocycles. The van der Waals surface area contributed by atoms with Crippen LogP contribution in [0.5, 0.6) is 0 Å². The maximum absolute atomic E-state index is 5.53. The molecule has 0 amide bonds. The topological polar surface area (TPSA) is 38.0 Å². The molecule has 2 nitrogen and oxygen atoms in total. The molecule has 4 heteroatoms. The molecule has 1 rings (SSSR count). The number of hydrogen-bond acceptors (Lipinski definition) is 2. The number of benzene rings is 1. The van der Waals surface area contributed by atoms with Gasteiger partial charge in [0.05, 0.1) is 0 Å². The van der Waals surface area contributed by atoms with E-state index in [0.29, 0.717) is 5.92 Å². The van der Waals surface area contributed by atoms with Gasteiger partial charge >= 0.3 is 0 Å². The largest absolute Gasteiger partial charge is 0.271 e. The Morgan fingerprint density at radius 1 is 1.14 bits per heavy atom. The van der Waals surface area contributed by atoms with E-state index < -0.39 is 0 Å². The van der Waals surface area contributed by atoms with Crippen LogP contribution < -0.4 is 11.3 Å². The maximum atomic E-state index is 5.53. The molecule has 0 aromatic heterocycles. The summed E-state index contributed by atoms with van der Waals surface area (Å²) < 4.78 is 2.12. The van der Waals surface area contributed by atoms with Crippen molar-refractivity contribution >= 4 is 31.9 Å². The van der Waals surface area contributed by atoms with E-state index in [1.165, 1.54) is 5.56 Å². The Labute approximate surface area is 101 Å². The third-order valence-electron chi connectivity index (χ3n) is 2.09. The maximum Gasteiger partial charge on any atom is 0.0483 e. The van der Waals surface area contributed by atoms with Crippen LogP contribution in [0.25, 0.3) is 0 Å². The van der Waals surface area contributed by atoms with Gasteiger partial charge in [-0.15, -0.1) is 0 Å². The first-order valence-corrected chi connectivity index (χ1v) is 6.05. The minimum absolute atomic E-state index is 0.184. The average molecular weight is 322 g/mol. The lowest BCUT2D eigenvalue weighted by molar-refractivity contribution is 0.421. The fourth-order valence-electron chi connectivity index (χ4n) is 1.43. The second-order valence-electron chi connectivity index (χ2n) is 3.59. The molecule has 0 spiro atoms. The molecule has 0 aliphatic rings. The third kappa shape index (κ3) is 3.05. The second-order valence-corrected chi connectivity index (χ2v) is 5.42. The summed E-state index contributed by atoms with van der Waals surface area (Å²) in [6, 6.07) is 6.35. The van der Waals surface area contributed by atoms with Crippen LogP contribution in [0.4, 0.5) is 0 Å². The number of halogens is 2. The van der Waals surface area contributed by atoms with Crippen molar-refractivity contribution in [1.82, 2.24) is 5.43 Å². The molecule has 0 saturated carbocycles. The van der Waals surface area contributed by atoms with E-state index in [-0.39, 0.29) is 6.04 Å². The van der Waals surface area contributed by atoms with Crippen molar-refractivity contribution in [1.29, 1.82) is 0 Å². The fraction of sp³-hybridized carbons (Fsp3) is 0.400. The van der Waals surface area contributed by atoms with Crippen LogP contribution in [-0.4, -0.2) is 0 Å². The number of rotatable bonds is 3. The zero-order valence-corrected chi connectivity index (χ0v) is 11.4. The predicted molar refractivity (Wildman–Crippen MR) is 66.7 cm³/mol. The summed E-state index contributed by atoms with van der Waals surface area (Å²) in [7, 11) is 0. The Kier molecular flexibility index (Phi) is 4.57. The molecule has 14 heavy (non-hydrogen) atoms. The molecular formula is C10H14Br2N2. The summed E-state index contributed by atoms with van der Waals surface area (Å²) in [5.74, 6) is 5.98. The Balaban J connectivity index is 3.04. The number of nitrogens with one attached hydrogen (secondary N) is 1. The van der Waals surface area contributed by atoms with E-state index in [1.54, 1.807) is 0 Å². The number of nitrogens with two attached hydrogens (primary N) is 1. The van der Waals surface area contributed by atoms with Crippen LogP contribution in [0.3, 0.4) is 0 Å². The molecule has 0 radical (unpaired) electrons. The van der Waals surface area contributed by atoms with Crippen molar-refractivity contribution in [3.05, 3.63) is 32.7 Å². The Morgan fingerprint density at radius 2 is 1.64 bits per heavy atom. The van der Waals surface area contributed by atoms with Gasteiger partial charge in [-0.05, 0) is 29.7 Å². The van der Waals surface area contributed by atoms with Gasteiger partial charge in [0.2, 0.25) is 0 Å². The first kappa shape index (κ1) is 12.2. The minimum atomic E-state index is 0.184. The Bertz CT molecular complexity index is 293. The van der Waals surface area contributed by atoms with Crippen molar-refractivity contribution in [2.75, 3.05) is 0 Å². The van der Waals surface area contributed by atoms with Crippen LogP contribution in [-0.2, 0) is 0 Å². The second kappa shape index (κ2) is 5.26.